The van der Waals surface area contributed by atoms with Gasteiger partial charge < -0.3 is 25.2 Å². The third-order valence-corrected chi connectivity index (χ3v) is 5.54. The first-order chi connectivity index (χ1) is 15.1. The van der Waals surface area contributed by atoms with Gasteiger partial charge >= 0.3 is 6.09 Å². The number of hydrogen-bond acceptors (Lipinski definition) is 4. The van der Waals surface area contributed by atoms with Crippen LogP contribution in [0.1, 0.15) is 39.2 Å². The summed E-state index contributed by atoms with van der Waals surface area (Å²) < 4.78 is 18.8. The van der Waals surface area contributed by atoms with Crippen LogP contribution in [0.4, 0.5) is 9.18 Å². The lowest BCUT2D eigenvalue weighted by atomic mass is 9.84. The molecule has 186 valence electrons. The quantitative estimate of drug-likeness (QED) is 0.296. The number of guanidine groups is 1. The molecule has 1 fully saturated rings. The number of carbonyl (C=O) groups excluding carboxylic acids is 2. The summed E-state index contributed by atoms with van der Waals surface area (Å²) in [6.45, 7) is 7.90. The highest BCUT2D eigenvalue weighted by Gasteiger charge is 2.26. The number of halogens is 2. The Kier molecular flexibility index (Phi) is 11.9. The lowest BCUT2D eigenvalue weighted by Crippen LogP contribution is -2.51. The number of likely N-dealkylation sites (tertiary alicyclic amines) is 1. The van der Waals surface area contributed by atoms with E-state index in [1.54, 1.807) is 32.0 Å². The van der Waals surface area contributed by atoms with Gasteiger partial charge in [0.15, 0.2) is 5.96 Å². The van der Waals surface area contributed by atoms with Gasteiger partial charge in [0.2, 0.25) is 5.91 Å². The van der Waals surface area contributed by atoms with Crippen molar-refractivity contribution in [3.63, 3.8) is 0 Å². The standard InChI is InChI=1S/C23H36FN5O3.HI/c1-6-32-22(31)29-12-10-19(11-13-29)27-21(25-15-20(30)28(4)5)26-16-23(2,3)17-8-7-9-18(24)14-17;/h7-9,14,19H,6,10-13,15-16H2,1-5H3,(H2,25,26,27);1H. The Hall–Kier alpha value is -2.11. The van der Waals surface area contributed by atoms with E-state index in [-0.39, 0.29) is 59.8 Å². The Bertz CT molecular complexity index is 811. The molecule has 1 saturated heterocycles. The number of likely N-dealkylation sites (N-methyl/N-ethyl adjacent to an activating group) is 1. The number of hydrogen-bond donors (Lipinski definition) is 2. The summed E-state index contributed by atoms with van der Waals surface area (Å²) in [5, 5.41) is 6.71. The van der Waals surface area contributed by atoms with Crippen LogP contribution in [-0.2, 0) is 14.9 Å². The molecule has 0 saturated carbocycles. The van der Waals surface area contributed by atoms with E-state index in [0.29, 0.717) is 32.2 Å². The van der Waals surface area contributed by atoms with Crippen molar-refractivity contribution < 1.29 is 18.7 Å². The molecule has 2 N–H and O–H groups in total. The van der Waals surface area contributed by atoms with Crippen molar-refractivity contribution in [1.82, 2.24) is 20.4 Å². The van der Waals surface area contributed by atoms with Crippen molar-refractivity contribution in [3.8, 4) is 0 Å². The Morgan fingerprint density at radius 3 is 2.52 bits per heavy atom. The number of nitrogens with one attached hydrogen (secondary N) is 2. The van der Waals surface area contributed by atoms with Crippen LogP contribution in [0.2, 0.25) is 0 Å². The summed E-state index contributed by atoms with van der Waals surface area (Å²) >= 11 is 0. The highest BCUT2D eigenvalue weighted by atomic mass is 127. The highest BCUT2D eigenvalue weighted by molar-refractivity contribution is 14.0. The van der Waals surface area contributed by atoms with Crippen LogP contribution >= 0.6 is 24.0 Å². The molecule has 1 aliphatic rings. The van der Waals surface area contributed by atoms with Crippen LogP contribution in [0, 0.1) is 5.82 Å². The molecule has 1 aromatic rings. The fourth-order valence-electron chi connectivity index (χ4n) is 3.37. The molecule has 10 heteroatoms. The van der Waals surface area contributed by atoms with E-state index < -0.39 is 0 Å². The van der Waals surface area contributed by atoms with E-state index >= 15 is 0 Å². The zero-order valence-electron chi connectivity index (χ0n) is 20.2. The van der Waals surface area contributed by atoms with E-state index in [2.05, 4.69) is 15.6 Å². The largest absolute Gasteiger partial charge is 0.450 e. The molecule has 2 rings (SSSR count). The van der Waals surface area contributed by atoms with Gasteiger partial charge in [0.05, 0.1) is 6.61 Å². The average molecular weight is 577 g/mol. The molecule has 0 unspecified atom stereocenters. The number of ether oxygens (including phenoxy) is 1. The van der Waals surface area contributed by atoms with Crippen LogP contribution < -0.4 is 10.6 Å². The van der Waals surface area contributed by atoms with E-state index in [9.17, 15) is 14.0 Å². The van der Waals surface area contributed by atoms with Crippen molar-refractivity contribution in [2.24, 2.45) is 4.99 Å². The maximum atomic E-state index is 13.7. The molecule has 8 nitrogen and oxygen atoms in total. The summed E-state index contributed by atoms with van der Waals surface area (Å²) in [7, 11) is 3.38. The maximum Gasteiger partial charge on any atom is 0.409 e. The maximum absolute atomic E-state index is 13.7. The molecule has 0 aromatic heterocycles. The number of aliphatic imine (C=N–C) groups is 1. The molecule has 0 bridgehead atoms. The summed E-state index contributed by atoms with van der Waals surface area (Å²) in [6.07, 6.45) is 1.20. The van der Waals surface area contributed by atoms with E-state index in [4.69, 9.17) is 4.74 Å². The van der Waals surface area contributed by atoms with Gasteiger partial charge in [-0.25, -0.2) is 14.2 Å². The molecular formula is C23H37FIN5O3. The lowest BCUT2D eigenvalue weighted by molar-refractivity contribution is -0.127. The topological polar surface area (TPSA) is 86.3 Å². The van der Waals surface area contributed by atoms with Crippen molar-refractivity contribution in [2.75, 3.05) is 46.9 Å². The number of amides is 2. The lowest BCUT2D eigenvalue weighted by Gasteiger charge is -2.33. The number of piperidine rings is 1. The van der Waals surface area contributed by atoms with Crippen molar-refractivity contribution in [3.05, 3.63) is 35.6 Å². The first-order valence-electron chi connectivity index (χ1n) is 11.0. The van der Waals surface area contributed by atoms with Gasteiger partial charge in [-0.15, -0.1) is 24.0 Å². The number of nitrogens with zero attached hydrogens (tertiary/aromatic N) is 3. The minimum absolute atomic E-state index is 0. The molecule has 33 heavy (non-hydrogen) atoms. The second-order valence-corrected chi connectivity index (χ2v) is 8.81. The summed E-state index contributed by atoms with van der Waals surface area (Å²) in [4.78, 5) is 31.6. The third kappa shape index (κ3) is 9.34. The van der Waals surface area contributed by atoms with E-state index in [0.717, 1.165) is 18.4 Å². The first kappa shape index (κ1) is 28.9. The second kappa shape index (κ2) is 13.6. The molecule has 0 radical (unpaired) electrons. The highest BCUT2D eigenvalue weighted by Crippen LogP contribution is 2.23. The van der Waals surface area contributed by atoms with E-state index in [1.165, 1.54) is 17.0 Å². The summed E-state index contributed by atoms with van der Waals surface area (Å²) in [5.74, 6) is 0.152. The van der Waals surface area contributed by atoms with Crippen LogP contribution in [-0.4, -0.2) is 80.7 Å². The van der Waals surface area contributed by atoms with Crippen molar-refractivity contribution in [2.45, 2.75) is 45.1 Å². The molecule has 0 atom stereocenters. The van der Waals surface area contributed by atoms with Crippen LogP contribution in [0.5, 0.6) is 0 Å². The molecule has 2 amide bonds. The molecule has 1 aliphatic heterocycles. The third-order valence-electron chi connectivity index (χ3n) is 5.54. The van der Waals surface area contributed by atoms with Gasteiger partial charge in [-0.05, 0) is 37.5 Å². The van der Waals surface area contributed by atoms with E-state index in [1.807, 2.05) is 19.9 Å². The minimum atomic E-state index is -0.358. The molecular weight excluding hydrogens is 540 g/mol. The molecule has 0 aliphatic carbocycles. The molecule has 1 heterocycles. The SMILES string of the molecule is CCOC(=O)N1CCC(NC(=NCC(=O)N(C)C)NCC(C)(C)c2cccc(F)c2)CC1.I. The zero-order chi connectivity index (χ0) is 23.7. The van der Waals surface area contributed by atoms with Crippen LogP contribution in [0.3, 0.4) is 0 Å². The second-order valence-electron chi connectivity index (χ2n) is 8.81. The predicted molar refractivity (Wildman–Crippen MR) is 139 cm³/mol. The first-order valence-corrected chi connectivity index (χ1v) is 11.0. The van der Waals surface area contributed by atoms with Gasteiger partial charge in [0, 0.05) is 45.2 Å². The fraction of sp³-hybridized carbons (Fsp3) is 0.609. The monoisotopic (exact) mass is 577 g/mol. The Morgan fingerprint density at radius 2 is 1.94 bits per heavy atom. The van der Waals surface area contributed by atoms with Crippen molar-refractivity contribution >= 4 is 41.9 Å². The summed E-state index contributed by atoms with van der Waals surface area (Å²) in [5.41, 5.74) is 0.514. The van der Waals surface area contributed by atoms with Gasteiger partial charge in [0.1, 0.15) is 12.4 Å². The van der Waals surface area contributed by atoms with Gasteiger partial charge in [-0.3, -0.25) is 4.79 Å². The smallest absolute Gasteiger partial charge is 0.409 e. The number of rotatable bonds is 7. The van der Waals surface area contributed by atoms with Gasteiger partial charge in [0.25, 0.3) is 0 Å². The number of carbonyl (C=O) groups is 2. The van der Waals surface area contributed by atoms with Gasteiger partial charge in [-0.1, -0.05) is 26.0 Å². The Morgan fingerprint density at radius 1 is 1.27 bits per heavy atom. The molecule has 1 aromatic carbocycles. The zero-order valence-corrected chi connectivity index (χ0v) is 22.5. The van der Waals surface area contributed by atoms with Crippen molar-refractivity contribution in [1.29, 1.82) is 0 Å². The average Bonchev–Trinajstić information content (AvgIpc) is 2.76. The Labute approximate surface area is 213 Å². The summed E-state index contributed by atoms with van der Waals surface area (Å²) in [6, 6.07) is 6.67. The normalized spacial score (nSPS) is 14.8. The number of benzene rings is 1. The fourth-order valence-corrected chi connectivity index (χ4v) is 3.37. The Balaban J connectivity index is 0.00000544. The van der Waals surface area contributed by atoms with Gasteiger partial charge in [-0.2, -0.15) is 0 Å². The van der Waals surface area contributed by atoms with Crippen LogP contribution in [0.25, 0.3) is 0 Å². The minimum Gasteiger partial charge on any atom is -0.450 e. The van der Waals surface area contributed by atoms with Crippen LogP contribution in [0.15, 0.2) is 29.3 Å². The molecule has 0 spiro atoms. The predicted octanol–water partition coefficient (Wildman–Crippen LogP) is 2.97.